The summed E-state index contributed by atoms with van der Waals surface area (Å²) in [5, 5.41) is 12.8. The van der Waals surface area contributed by atoms with Crippen molar-refractivity contribution in [3.8, 4) is 5.75 Å². The number of aliphatic hydroxyl groups excluding tert-OH is 1. The van der Waals surface area contributed by atoms with E-state index in [1.54, 1.807) is 18.2 Å². The molecule has 3 rings (SSSR count). The van der Waals surface area contributed by atoms with Gasteiger partial charge in [-0.15, -0.1) is 0 Å². The van der Waals surface area contributed by atoms with Gasteiger partial charge in [0, 0.05) is 6.20 Å². The number of para-hydroxylation sites is 1. The average Bonchev–Trinajstić information content (AvgIpc) is 3.11. The minimum atomic E-state index is -4.36. The zero-order valence-electron chi connectivity index (χ0n) is 21.9. The number of rotatable bonds is 14. The molecule has 2 aliphatic rings. The first-order chi connectivity index (χ1) is 18.5. The van der Waals surface area contributed by atoms with Crippen molar-refractivity contribution < 1.29 is 41.8 Å². The number of hydrogen-bond acceptors (Lipinski definition) is 10. The minimum Gasteiger partial charge on any atom is -0.465 e. The molecule has 5 atom stereocenters. The van der Waals surface area contributed by atoms with E-state index in [2.05, 4.69) is 23.6 Å². The molecule has 2 heterocycles. The number of esters is 1. The summed E-state index contributed by atoms with van der Waals surface area (Å²) >= 11 is 0. The Hall–Kier alpha value is -2.83. The maximum Gasteiger partial charge on any atom is 0.459 e. The summed E-state index contributed by atoms with van der Waals surface area (Å²) in [5.41, 5.74) is 5.57. The molecule has 0 aliphatic carbocycles. The lowest BCUT2D eigenvalue weighted by molar-refractivity contribution is -0.148. The van der Waals surface area contributed by atoms with Crippen LogP contribution in [0.15, 0.2) is 60.0 Å². The predicted molar refractivity (Wildman–Crippen MR) is 140 cm³/mol. The first-order valence-electron chi connectivity index (χ1n) is 12.6. The monoisotopic (exact) mass is 572 g/mol. The summed E-state index contributed by atoms with van der Waals surface area (Å²) in [5.74, 6) is -4.39. The van der Waals surface area contributed by atoms with E-state index < -0.39 is 50.7 Å². The standard InChI is InChI=1S/C25H35F2N4O7P/c1-4-5-6-10-15-35-23(33)17(2)30-39(34,38-19-11-8-7-9-12-19)36-16-20-22(32)25(26,27)24(37-20)31-14-13-21(28)29-18(31)3/h7-9,11-14,17,20,22,24,32H,3-6,10,15-16H2,1-2H3,(H2,28,29)(H,30,34)/t17-,20+,22?,24+,39?/m0/s1. The fourth-order valence-electron chi connectivity index (χ4n) is 3.80. The second-order valence-electron chi connectivity index (χ2n) is 9.10. The number of carbonyl (C=O) groups is 1. The zero-order chi connectivity index (χ0) is 28.6. The van der Waals surface area contributed by atoms with Gasteiger partial charge in [0.05, 0.1) is 13.2 Å². The molecule has 0 amide bonds. The van der Waals surface area contributed by atoms with Gasteiger partial charge in [-0.2, -0.15) is 13.9 Å². The first kappa shape index (κ1) is 30.7. The van der Waals surface area contributed by atoms with E-state index in [9.17, 15) is 23.2 Å². The molecule has 0 bridgehead atoms. The van der Waals surface area contributed by atoms with Crippen LogP contribution in [0.3, 0.4) is 0 Å². The van der Waals surface area contributed by atoms with Gasteiger partial charge in [-0.3, -0.25) is 9.32 Å². The molecule has 0 aromatic heterocycles. The number of nitrogens with one attached hydrogen (secondary N) is 1. The maximum atomic E-state index is 15.0. The van der Waals surface area contributed by atoms with Gasteiger partial charge in [0.15, 0.2) is 6.10 Å². The topological polar surface area (TPSA) is 145 Å². The average molecular weight is 573 g/mol. The number of unbranched alkanes of at least 4 members (excludes halogenated alkanes) is 3. The van der Waals surface area contributed by atoms with Gasteiger partial charge < -0.3 is 29.7 Å². The number of amidine groups is 1. The van der Waals surface area contributed by atoms with Crippen molar-refractivity contribution in [3.05, 3.63) is 55.0 Å². The minimum absolute atomic E-state index is 0.0664. The number of nitrogens with two attached hydrogens (primary N) is 1. The molecule has 1 fully saturated rings. The number of halogens is 2. The molecule has 4 N–H and O–H groups in total. The number of aliphatic hydroxyl groups is 1. The van der Waals surface area contributed by atoms with Crippen LogP contribution in [0.2, 0.25) is 0 Å². The van der Waals surface area contributed by atoms with E-state index in [1.807, 2.05) is 0 Å². The molecule has 14 heteroatoms. The van der Waals surface area contributed by atoms with E-state index in [0.717, 1.165) is 24.2 Å². The molecule has 0 saturated carbocycles. The highest BCUT2D eigenvalue weighted by Crippen LogP contribution is 2.47. The Morgan fingerprint density at radius 1 is 1.33 bits per heavy atom. The summed E-state index contributed by atoms with van der Waals surface area (Å²) in [6.45, 7) is 6.48. The van der Waals surface area contributed by atoms with Gasteiger partial charge in [-0.05, 0) is 31.6 Å². The number of nitrogens with zero attached hydrogens (tertiary/aromatic N) is 2. The van der Waals surface area contributed by atoms with Gasteiger partial charge >= 0.3 is 19.6 Å². The Morgan fingerprint density at radius 3 is 2.72 bits per heavy atom. The van der Waals surface area contributed by atoms with Crippen LogP contribution in [0.4, 0.5) is 8.78 Å². The van der Waals surface area contributed by atoms with E-state index in [4.69, 9.17) is 24.3 Å². The highest BCUT2D eigenvalue weighted by atomic mass is 31.2. The molecule has 1 aromatic rings. The van der Waals surface area contributed by atoms with Crippen molar-refractivity contribution in [1.82, 2.24) is 9.99 Å². The molecular formula is C25H35F2N4O7P. The second-order valence-corrected chi connectivity index (χ2v) is 10.8. The summed E-state index contributed by atoms with van der Waals surface area (Å²) in [4.78, 5) is 17.2. The normalized spacial score (nSPS) is 24.6. The fourth-order valence-corrected chi connectivity index (χ4v) is 5.31. The van der Waals surface area contributed by atoms with E-state index in [1.165, 1.54) is 31.3 Å². The Kier molecular flexibility index (Phi) is 10.6. The van der Waals surface area contributed by atoms with Gasteiger partial charge in [0.1, 0.15) is 29.6 Å². The third kappa shape index (κ3) is 8.09. The van der Waals surface area contributed by atoms with Crippen molar-refractivity contribution in [2.24, 2.45) is 10.7 Å². The number of carbonyl (C=O) groups excluding carboxylic acids is 1. The number of aliphatic imine (C=N–C) groups is 1. The van der Waals surface area contributed by atoms with Gasteiger partial charge in [-0.1, -0.05) is 51.0 Å². The Morgan fingerprint density at radius 2 is 2.05 bits per heavy atom. The highest BCUT2D eigenvalue weighted by molar-refractivity contribution is 7.52. The van der Waals surface area contributed by atoms with Crippen LogP contribution in [0.1, 0.15) is 39.5 Å². The summed E-state index contributed by atoms with van der Waals surface area (Å²) in [7, 11) is -4.36. The molecule has 1 aromatic carbocycles. The predicted octanol–water partition coefficient (Wildman–Crippen LogP) is 3.67. The van der Waals surface area contributed by atoms with Crippen LogP contribution in [-0.2, 0) is 23.4 Å². The third-order valence-corrected chi connectivity index (χ3v) is 7.56. The quantitative estimate of drug-likeness (QED) is 0.172. The fraction of sp³-hybridized carbons (Fsp3) is 0.520. The molecule has 2 aliphatic heterocycles. The van der Waals surface area contributed by atoms with E-state index >= 15 is 0 Å². The molecule has 0 spiro atoms. The van der Waals surface area contributed by atoms with Crippen molar-refractivity contribution in [2.45, 2.75) is 69.9 Å². The van der Waals surface area contributed by atoms with Crippen molar-refractivity contribution >= 4 is 19.6 Å². The van der Waals surface area contributed by atoms with Crippen molar-refractivity contribution in [1.29, 1.82) is 0 Å². The van der Waals surface area contributed by atoms with Gasteiger partial charge in [0.2, 0.25) is 6.23 Å². The Balaban J connectivity index is 1.69. The lowest BCUT2D eigenvalue weighted by atomic mass is 10.1. The second kappa shape index (κ2) is 13.5. The highest BCUT2D eigenvalue weighted by Gasteiger charge is 2.61. The van der Waals surface area contributed by atoms with Crippen LogP contribution in [0.5, 0.6) is 5.75 Å². The molecule has 1 saturated heterocycles. The van der Waals surface area contributed by atoms with E-state index in [0.29, 0.717) is 6.42 Å². The number of alkyl halides is 2. The molecule has 0 radical (unpaired) electrons. The molecule has 2 unspecified atom stereocenters. The SMILES string of the molecule is C=C1N=C(N)C=CN1[C@@H]1O[C@H](COP(=O)(N[C@@H](C)C(=O)OCCCCCC)Oc2ccccc2)C(O)C1(F)F. The third-order valence-electron chi connectivity index (χ3n) is 5.92. The van der Waals surface area contributed by atoms with Gasteiger partial charge in [0.25, 0.3) is 0 Å². The number of ether oxygens (including phenoxy) is 2. The molecule has 39 heavy (non-hydrogen) atoms. The lowest BCUT2D eigenvalue weighted by Crippen LogP contribution is -2.47. The largest absolute Gasteiger partial charge is 0.465 e. The van der Waals surface area contributed by atoms with Crippen LogP contribution in [-0.4, -0.2) is 65.4 Å². The summed E-state index contributed by atoms with van der Waals surface area (Å²) in [6.07, 6.45) is 0.182. The van der Waals surface area contributed by atoms with Crippen LogP contribution >= 0.6 is 7.75 Å². The summed E-state index contributed by atoms with van der Waals surface area (Å²) < 4.78 is 65.2. The Labute approximate surface area is 226 Å². The Bertz CT molecular complexity index is 1110. The van der Waals surface area contributed by atoms with Gasteiger partial charge in [-0.25, -0.2) is 9.56 Å². The van der Waals surface area contributed by atoms with Crippen molar-refractivity contribution in [2.75, 3.05) is 13.2 Å². The molecule has 216 valence electrons. The lowest BCUT2D eigenvalue weighted by Gasteiger charge is -2.31. The van der Waals surface area contributed by atoms with Crippen LogP contribution in [0.25, 0.3) is 0 Å². The smallest absolute Gasteiger partial charge is 0.459 e. The van der Waals surface area contributed by atoms with Crippen LogP contribution in [0, 0.1) is 0 Å². The molecular weight excluding hydrogens is 537 g/mol. The van der Waals surface area contributed by atoms with Crippen molar-refractivity contribution in [3.63, 3.8) is 0 Å². The van der Waals surface area contributed by atoms with E-state index in [-0.39, 0.29) is 24.0 Å². The number of hydrogen-bond donors (Lipinski definition) is 3. The maximum absolute atomic E-state index is 15.0. The van der Waals surface area contributed by atoms with Crippen LogP contribution < -0.4 is 15.3 Å². The number of benzene rings is 1. The summed E-state index contributed by atoms with van der Waals surface area (Å²) in [6, 6.07) is 6.82. The zero-order valence-corrected chi connectivity index (χ0v) is 22.8. The first-order valence-corrected chi connectivity index (χ1v) is 14.2. The molecule has 11 nitrogen and oxygen atoms in total.